The second-order valence-corrected chi connectivity index (χ2v) is 6.27. The molecule has 1 saturated heterocycles. The second-order valence-electron chi connectivity index (χ2n) is 6.27. The summed E-state index contributed by atoms with van der Waals surface area (Å²) in [7, 11) is 1.70. The number of hydrogen-bond donors (Lipinski definition) is 0. The van der Waals surface area contributed by atoms with E-state index in [1.165, 1.54) is 5.56 Å². The van der Waals surface area contributed by atoms with Gasteiger partial charge in [-0.2, -0.15) is 0 Å². The molecule has 0 spiro atoms. The van der Waals surface area contributed by atoms with Crippen LogP contribution in [0.25, 0.3) is 0 Å². The number of piperazine rings is 1. The Morgan fingerprint density at radius 2 is 1.54 bits per heavy atom. The van der Waals surface area contributed by atoms with Crippen molar-refractivity contribution in [1.82, 2.24) is 9.80 Å². The SMILES string of the molecule is COCC1CN(Cc2ccccc2)CC(=O)N1Cc1ccccc1. The Morgan fingerprint density at radius 3 is 2.12 bits per heavy atom. The Bertz CT molecular complexity index is 645. The Hall–Kier alpha value is -2.17. The molecule has 1 unspecified atom stereocenters. The van der Waals surface area contributed by atoms with Crippen molar-refractivity contribution < 1.29 is 9.53 Å². The molecular weight excluding hydrogens is 300 g/mol. The van der Waals surface area contributed by atoms with Crippen LogP contribution in [-0.4, -0.2) is 48.6 Å². The van der Waals surface area contributed by atoms with Crippen molar-refractivity contribution in [2.45, 2.75) is 19.1 Å². The van der Waals surface area contributed by atoms with Gasteiger partial charge in [0.1, 0.15) is 0 Å². The van der Waals surface area contributed by atoms with Gasteiger partial charge in [0.25, 0.3) is 0 Å². The first kappa shape index (κ1) is 16.7. The van der Waals surface area contributed by atoms with Gasteiger partial charge in [-0.05, 0) is 11.1 Å². The quantitative estimate of drug-likeness (QED) is 0.819. The smallest absolute Gasteiger partial charge is 0.237 e. The van der Waals surface area contributed by atoms with E-state index >= 15 is 0 Å². The van der Waals surface area contributed by atoms with Gasteiger partial charge in [0.15, 0.2) is 0 Å². The molecule has 1 atom stereocenters. The van der Waals surface area contributed by atoms with Crippen molar-refractivity contribution >= 4 is 5.91 Å². The molecule has 0 aliphatic carbocycles. The van der Waals surface area contributed by atoms with Crippen LogP contribution in [0.2, 0.25) is 0 Å². The van der Waals surface area contributed by atoms with E-state index in [2.05, 4.69) is 29.2 Å². The molecule has 0 N–H and O–H groups in total. The molecule has 1 aliphatic heterocycles. The Balaban J connectivity index is 1.69. The monoisotopic (exact) mass is 324 g/mol. The van der Waals surface area contributed by atoms with Crippen molar-refractivity contribution in [2.24, 2.45) is 0 Å². The van der Waals surface area contributed by atoms with Gasteiger partial charge < -0.3 is 9.64 Å². The lowest BCUT2D eigenvalue weighted by molar-refractivity contribution is -0.142. The predicted octanol–water partition coefficient (Wildman–Crippen LogP) is 2.55. The van der Waals surface area contributed by atoms with Crippen LogP contribution < -0.4 is 0 Å². The number of methoxy groups -OCH3 is 1. The molecule has 0 radical (unpaired) electrons. The van der Waals surface area contributed by atoms with Gasteiger partial charge >= 0.3 is 0 Å². The van der Waals surface area contributed by atoms with Crippen LogP contribution in [-0.2, 0) is 22.6 Å². The molecule has 1 amide bonds. The van der Waals surface area contributed by atoms with Crippen molar-refractivity contribution in [2.75, 3.05) is 26.8 Å². The van der Waals surface area contributed by atoms with E-state index in [-0.39, 0.29) is 11.9 Å². The van der Waals surface area contributed by atoms with E-state index in [4.69, 9.17) is 4.74 Å². The van der Waals surface area contributed by atoms with Crippen LogP contribution >= 0.6 is 0 Å². The maximum atomic E-state index is 12.7. The van der Waals surface area contributed by atoms with Crippen LogP contribution in [0.3, 0.4) is 0 Å². The number of carbonyl (C=O) groups excluding carboxylic acids is 1. The summed E-state index contributed by atoms with van der Waals surface area (Å²) in [5.74, 6) is 0.170. The van der Waals surface area contributed by atoms with Crippen molar-refractivity contribution in [3.05, 3.63) is 71.8 Å². The third-order valence-corrected chi connectivity index (χ3v) is 4.39. The summed E-state index contributed by atoms with van der Waals surface area (Å²) < 4.78 is 5.38. The number of benzene rings is 2. The first-order valence-electron chi connectivity index (χ1n) is 8.35. The molecule has 0 bridgehead atoms. The Labute approximate surface area is 143 Å². The minimum absolute atomic E-state index is 0.0835. The lowest BCUT2D eigenvalue weighted by Gasteiger charge is -2.41. The fraction of sp³-hybridized carbons (Fsp3) is 0.350. The molecule has 1 aliphatic rings. The molecule has 0 saturated carbocycles. The molecule has 4 heteroatoms. The first-order chi connectivity index (χ1) is 11.8. The lowest BCUT2D eigenvalue weighted by atomic mass is 10.1. The molecule has 126 valence electrons. The van der Waals surface area contributed by atoms with Gasteiger partial charge in [-0.25, -0.2) is 0 Å². The number of nitrogens with zero attached hydrogens (tertiary/aromatic N) is 2. The molecule has 1 fully saturated rings. The fourth-order valence-corrected chi connectivity index (χ4v) is 3.24. The zero-order chi connectivity index (χ0) is 16.8. The summed E-state index contributed by atoms with van der Waals surface area (Å²) in [6, 6.07) is 20.5. The summed E-state index contributed by atoms with van der Waals surface area (Å²) >= 11 is 0. The highest BCUT2D eigenvalue weighted by molar-refractivity contribution is 5.79. The number of hydrogen-bond acceptors (Lipinski definition) is 3. The van der Waals surface area contributed by atoms with E-state index in [1.807, 2.05) is 41.3 Å². The minimum Gasteiger partial charge on any atom is -0.382 e. The highest BCUT2D eigenvalue weighted by Gasteiger charge is 2.32. The normalized spacial score (nSPS) is 18.8. The number of amides is 1. The average Bonchev–Trinajstić information content (AvgIpc) is 2.60. The van der Waals surface area contributed by atoms with E-state index in [0.717, 1.165) is 18.7 Å². The van der Waals surface area contributed by atoms with Crippen molar-refractivity contribution in [1.29, 1.82) is 0 Å². The van der Waals surface area contributed by atoms with Crippen LogP contribution in [0, 0.1) is 0 Å². The maximum absolute atomic E-state index is 12.7. The van der Waals surface area contributed by atoms with Crippen LogP contribution in [0.1, 0.15) is 11.1 Å². The summed E-state index contributed by atoms with van der Waals surface area (Å²) in [6.07, 6.45) is 0. The van der Waals surface area contributed by atoms with Gasteiger partial charge in [-0.15, -0.1) is 0 Å². The zero-order valence-electron chi connectivity index (χ0n) is 14.1. The highest BCUT2D eigenvalue weighted by Crippen LogP contribution is 2.17. The summed E-state index contributed by atoms with van der Waals surface area (Å²) in [5, 5.41) is 0. The third-order valence-electron chi connectivity index (χ3n) is 4.39. The maximum Gasteiger partial charge on any atom is 0.237 e. The molecule has 2 aromatic rings. The highest BCUT2D eigenvalue weighted by atomic mass is 16.5. The molecule has 1 heterocycles. The first-order valence-corrected chi connectivity index (χ1v) is 8.35. The van der Waals surface area contributed by atoms with Gasteiger partial charge in [0.2, 0.25) is 5.91 Å². The Morgan fingerprint density at radius 1 is 0.958 bits per heavy atom. The lowest BCUT2D eigenvalue weighted by Crippen LogP contribution is -2.57. The average molecular weight is 324 g/mol. The minimum atomic E-state index is 0.0835. The largest absolute Gasteiger partial charge is 0.382 e. The van der Waals surface area contributed by atoms with Gasteiger partial charge in [-0.1, -0.05) is 60.7 Å². The van der Waals surface area contributed by atoms with Gasteiger partial charge in [0.05, 0.1) is 19.2 Å². The summed E-state index contributed by atoms with van der Waals surface area (Å²) in [4.78, 5) is 16.9. The standard InChI is InChI=1S/C20H24N2O2/c1-24-16-19-14-21(12-17-8-4-2-5-9-17)15-20(23)22(19)13-18-10-6-3-7-11-18/h2-11,19H,12-16H2,1H3. The number of carbonyl (C=O) groups is 1. The molecule has 4 nitrogen and oxygen atoms in total. The van der Waals surface area contributed by atoms with E-state index in [9.17, 15) is 4.79 Å². The third kappa shape index (κ3) is 4.22. The van der Waals surface area contributed by atoms with Crippen molar-refractivity contribution in [3.8, 4) is 0 Å². The van der Waals surface area contributed by atoms with Crippen LogP contribution in [0.15, 0.2) is 60.7 Å². The zero-order valence-corrected chi connectivity index (χ0v) is 14.1. The van der Waals surface area contributed by atoms with Crippen molar-refractivity contribution in [3.63, 3.8) is 0 Å². The second kappa shape index (κ2) is 8.08. The van der Waals surface area contributed by atoms with Crippen LogP contribution in [0.4, 0.5) is 0 Å². The summed E-state index contributed by atoms with van der Waals surface area (Å²) in [6.45, 7) is 3.30. The van der Waals surface area contributed by atoms with Crippen LogP contribution in [0.5, 0.6) is 0 Å². The van der Waals surface area contributed by atoms with Gasteiger partial charge in [-0.3, -0.25) is 9.69 Å². The fourth-order valence-electron chi connectivity index (χ4n) is 3.24. The topological polar surface area (TPSA) is 32.8 Å². The van der Waals surface area contributed by atoms with E-state index in [1.54, 1.807) is 7.11 Å². The molecule has 0 aromatic heterocycles. The Kier molecular flexibility index (Phi) is 5.62. The van der Waals surface area contributed by atoms with Gasteiger partial charge in [0, 0.05) is 26.7 Å². The molecule has 24 heavy (non-hydrogen) atoms. The molecule has 2 aromatic carbocycles. The number of ether oxygens (including phenoxy) is 1. The molecule has 3 rings (SSSR count). The van der Waals surface area contributed by atoms with E-state index < -0.39 is 0 Å². The molecular formula is C20H24N2O2. The van der Waals surface area contributed by atoms with E-state index in [0.29, 0.717) is 19.7 Å². The number of rotatable bonds is 6. The predicted molar refractivity (Wildman–Crippen MR) is 94.4 cm³/mol. The summed E-state index contributed by atoms with van der Waals surface area (Å²) in [5.41, 5.74) is 2.39.